The molecule has 3 N–H and O–H groups in total. The van der Waals surface area contributed by atoms with E-state index < -0.39 is 12.7 Å². The van der Waals surface area contributed by atoms with Gasteiger partial charge in [0.2, 0.25) is 0 Å². The predicted octanol–water partition coefficient (Wildman–Crippen LogP) is 2.99. The molecule has 0 aliphatic heterocycles. The van der Waals surface area contributed by atoms with E-state index in [0.29, 0.717) is 9.13 Å². The van der Waals surface area contributed by atoms with Gasteiger partial charge < -0.3 is 10.8 Å². The minimum atomic E-state index is -0.733. The minimum absolute atomic E-state index is 0. The summed E-state index contributed by atoms with van der Waals surface area (Å²) in [7, 11) is 0. The Hall–Kier alpha value is 0.660. The molecule has 1 atom stereocenters. The quantitative estimate of drug-likeness (QED) is 0.691. The van der Waals surface area contributed by atoms with Crippen LogP contribution in [0.2, 0.25) is 0 Å². The lowest BCUT2D eigenvalue weighted by Crippen LogP contribution is -2.12. The maximum Gasteiger partial charge on any atom is 0.133 e. The van der Waals surface area contributed by atoms with Gasteiger partial charge in [-0.25, -0.2) is 4.39 Å². The van der Waals surface area contributed by atoms with Crippen molar-refractivity contribution >= 4 is 57.6 Å². The van der Waals surface area contributed by atoms with Crippen LogP contribution in [0.5, 0.6) is 5.75 Å². The Labute approximate surface area is 115 Å². The first-order valence-electron chi connectivity index (χ1n) is 3.55. The number of halogens is 4. The van der Waals surface area contributed by atoms with Crippen LogP contribution in [-0.2, 0) is 0 Å². The van der Waals surface area contributed by atoms with Gasteiger partial charge in [0.1, 0.15) is 12.4 Å². The van der Waals surface area contributed by atoms with Crippen molar-refractivity contribution in [1.82, 2.24) is 0 Å². The van der Waals surface area contributed by atoms with Crippen molar-refractivity contribution < 1.29 is 9.50 Å². The summed E-state index contributed by atoms with van der Waals surface area (Å²) in [6, 6.07) is 2.77. The molecule has 80 valence electrons. The van der Waals surface area contributed by atoms with Crippen molar-refractivity contribution in [2.45, 2.75) is 6.04 Å². The Bertz CT molecular complexity index is 324. The molecule has 0 spiro atoms. The first-order valence-corrected chi connectivity index (χ1v) is 5.71. The molecule has 1 aromatic rings. The summed E-state index contributed by atoms with van der Waals surface area (Å²) in [4.78, 5) is 0. The van der Waals surface area contributed by atoms with Crippen molar-refractivity contribution in [3.63, 3.8) is 0 Å². The fourth-order valence-corrected chi connectivity index (χ4v) is 2.84. The molecule has 6 heteroatoms. The van der Waals surface area contributed by atoms with Crippen LogP contribution in [-0.4, -0.2) is 11.8 Å². The number of alkyl halides is 1. The van der Waals surface area contributed by atoms with E-state index in [1.54, 1.807) is 6.07 Å². The maximum atomic E-state index is 12.3. The van der Waals surface area contributed by atoms with Crippen molar-refractivity contribution in [1.29, 1.82) is 0 Å². The molecule has 0 saturated carbocycles. The molecule has 1 rings (SSSR count). The molecule has 14 heavy (non-hydrogen) atoms. The second-order valence-corrected chi connectivity index (χ2v) is 4.99. The van der Waals surface area contributed by atoms with Gasteiger partial charge in [-0.15, -0.1) is 12.4 Å². The van der Waals surface area contributed by atoms with Gasteiger partial charge in [0, 0.05) is 9.13 Å². The molecule has 0 amide bonds. The highest BCUT2D eigenvalue weighted by Gasteiger charge is 2.13. The van der Waals surface area contributed by atoms with Gasteiger partial charge in [0.05, 0.1) is 9.61 Å². The van der Waals surface area contributed by atoms with Gasteiger partial charge in [0.15, 0.2) is 0 Å². The van der Waals surface area contributed by atoms with Crippen molar-refractivity contribution in [3.05, 3.63) is 24.8 Å². The molecule has 0 aliphatic carbocycles. The highest BCUT2D eigenvalue weighted by molar-refractivity contribution is 14.1. The summed E-state index contributed by atoms with van der Waals surface area (Å²) >= 11 is 4.10. The second-order valence-electron chi connectivity index (χ2n) is 2.59. The SMILES string of the molecule is Cl.N[C@H](CF)c1cc(I)cc(I)c1O. The van der Waals surface area contributed by atoms with E-state index in [1.807, 2.05) is 28.7 Å². The van der Waals surface area contributed by atoms with Gasteiger partial charge in [-0.3, -0.25) is 0 Å². The normalized spacial score (nSPS) is 12.0. The molecular formula is C8H9ClFI2NO. The largest absolute Gasteiger partial charge is 0.506 e. The van der Waals surface area contributed by atoms with E-state index in [0.717, 1.165) is 3.57 Å². The smallest absolute Gasteiger partial charge is 0.133 e. The highest BCUT2D eigenvalue weighted by Crippen LogP contribution is 2.30. The van der Waals surface area contributed by atoms with Crippen molar-refractivity contribution in [3.8, 4) is 5.75 Å². The van der Waals surface area contributed by atoms with Gasteiger partial charge in [-0.2, -0.15) is 0 Å². The average Bonchev–Trinajstić information content (AvgIpc) is 2.10. The van der Waals surface area contributed by atoms with Crippen LogP contribution in [0.4, 0.5) is 4.39 Å². The summed E-state index contributed by atoms with van der Waals surface area (Å²) in [6.07, 6.45) is 0. The number of phenolic OH excluding ortho intramolecular Hbond substituents is 1. The zero-order valence-corrected chi connectivity index (χ0v) is 12.1. The van der Waals surface area contributed by atoms with Crippen molar-refractivity contribution in [2.24, 2.45) is 5.73 Å². The van der Waals surface area contributed by atoms with Crippen LogP contribution in [0.1, 0.15) is 11.6 Å². The number of phenols is 1. The van der Waals surface area contributed by atoms with Gasteiger partial charge in [-0.1, -0.05) is 0 Å². The molecule has 0 bridgehead atoms. The van der Waals surface area contributed by atoms with Crippen LogP contribution in [0.15, 0.2) is 12.1 Å². The van der Waals surface area contributed by atoms with E-state index in [-0.39, 0.29) is 18.2 Å². The average molecular weight is 443 g/mol. The first kappa shape index (κ1) is 14.7. The third-order valence-corrected chi connectivity index (χ3v) is 3.07. The molecule has 2 nitrogen and oxygen atoms in total. The summed E-state index contributed by atoms with van der Waals surface area (Å²) in [5.41, 5.74) is 5.96. The Balaban J connectivity index is 0.00000169. The van der Waals surface area contributed by atoms with Crippen LogP contribution in [0.3, 0.4) is 0 Å². The number of nitrogens with two attached hydrogens (primary N) is 1. The molecule has 0 aliphatic rings. The number of hydrogen-bond acceptors (Lipinski definition) is 2. The van der Waals surface area contributed by atoms with E-state index in [4.69, 9.17) is 5.73 Å². The lowest BCUT2D eigenvalue weighted by atomic mass is 10.1. The molecular weight excluding hydrogens is 434 g/mol. The Morgan fingerprint density at radius 1 is 1.43 bits per heavy atom. The van der Waals surface area contributed by atoms with E-state index in [1.165, 1.54) is 0 Å². The summed E-state index contributed by atoms with van der Waals surface area (Å²) in [5, 5.41) is 9.57. The summed E-state index contributed by atoms with van der Waals surface area (Å²) in [6.45, 7) is -0.663. The second kappa shape index (κ2) is 6.29. The third kappa shape index (κ3) is 3.35. The molecule has 0 saturated heterocycles. The molecule has 0 heterocycles. The minimum Gasteiger partial charge on any atom is -0.506 e. The highest BCUT2D eigenvalue weighted by atomic mass is 127. The first-order chi connectivity index (χ1) is 6.06. The van der Waals surface area contributed by atoms with Crippen LogP contribution in [0, 0.1) is 7.14 Å². The molecule has 0 aromatic heterocycles. The summed E-state index contributed by atoms with van der Waals surface area (Å²) < 4.78 is 13.9. The Morgan fingerprint density at radius 2 is 2.00 bits per heavy atom. The van der Waals surface area contributed by atoms with E-state index >= 15 is 0 Å². The zero-order valence-electron chi connectivity index (χ0n) is 7.01. The topological polar surface area (TPSA) is 46.2 Å². The fraction of sp³-hybridized carbons (Fsp3) is 0.250. The molecule has 0 radical (unpaired) electrons. The van der Waals surface area contributed by atoms with E-state index in [2.05, 4.69) is 22.6 Å². The van der Waals surface area contributed by atoms with Gasteiger partial charge in [-0.05, 0) is 57.3 Å². The van der Waals surface area contributed by atoms with Crippen LogP contribution >= 0.6 is 57.6 Å². The van der Waals surface area contributed by atoms with Gasteiger partial charge >= 0.3 is 0 Å². The van der Waals surface area contributed by atoms with Crippen LogP contribution in [0.25, 0.3) is 0 Å². The molecule has 1 aromatic carbocycles. The van der Waals surface area contributed by atoms with E-state index in [9.17, 15) is 9.50 Å². The van der Waals surface area contributed by atoms with Gasteiger partial charge in [0.25, 0.3) is 0 Å². The Morgan fingerprint density at radius 3 is 2.50 bits per heavy atom. The maximum absolute atomic E-state index is 12.3. The lowest BCUT2D eigenvalue weighted by Gasteiger charge is -2.11. The molecule has 0 fully saturated rings. The zero-order chi connectivity index (χ0) is 10.0. The standard InChI is InChI=1S/C8H8FI2NO.ClH/c9-3-7(12)5-1-4(10)2-6(11)8(5)13;/h1-2,7,13H,3,12H2;1H/t7-;/m1./s1. The molecule has 0 unspecified atom stereocenters. The van der Waals surface area contributed by atoms with Crippen LogP contribution < -0.4 is 5.73 Å². The monoisotopic (exact) mass is 443 g/mol. The number of aromatic hydroxyl groups is 1. The number of hydrogen-bond donors (Lipinski definition) is 2. The third-order valence-electron chi connectivity index (χ3n) is 1.62. The number of benzene rings is 1. The predicted molar refractivity (Wildman–Crippen MR) is 73.7 cm³/mol. The number of rotatable bonds is 2. The van der Waals surface area contributed by atoms with Crippen molar-refractivity contribution in [2.75, 3.05) is 6.67 Å². The lowest BCUT2D eigenvalue weighted by molar-refractivity contribution is 0.413. The fourth-order valence-electron chi connectivity index (χ4n) is 0.952. The Kier molecular flexibility index (Phi) is 6.58. The summed E-state index contributed by atoms with van der Waals surface area (Å²) in [5.74, 6) is 0.0890.